The number of hydrogen-bond donors (Lipinski definition) is 0. The van der Waals surface area contributed by atoms with Crippen LogP contribution in [0.2, 0.25) is 0 Å². The number of rotatable bonds is 10. The number of hydrogen-bond acceptors (Lipinski definition) is 4. The first kappa shape index (κ1) is 19.8. The van der Waals surface area contributed by atoms with Crippen molar-refractivity contribution in [2.45, 2.75) is 39.0 Å². The lowest BCUT2D eigenvalue weighted by atomic mass is 10.1. The minimum absolute atomic E-state index is 0.151. The molecule has 0 aliphatic rings. The second-order valence-electron chi connectivity index (χ2n) is 6.69. The van der Waals surface area contributed by atoms with Crippen LogP contribution in [0.15, 0.2) is 60.8 Å². The van der Waals surface area contributed by atoms with Crippen molar-refractivity contribution in [1.82, 2.24) is 9.97 Å². The lowest BCUT2D eigenvalue weighted by molar-refractivity contribution is 0.279. The van der Waals surface area contributed by atoms with Crippen molar-refractivity contribution < 1.29 is 9.53 Å². The van der Waals surface area contributed by atoms with Gasteiger partial charge in [-0.15, -0.1) is 0 Å². The van der Waals surface area contributed by atoms with E-state index in [1.165, 1.54) is 0 Å². The molecular weight excluding hydrogens is 350 g/mol. The van der Waals surface area contributed by atoms with Gasteiger partial charge in [0.2, 0.25) is 0 Å². The van der Waals surface area contributed by atoms with Crippen LogP contribution in [0.1, 0.15) is 39.0 Å². The average molecular weight is 378 g/mol. The summed E-state index contributed by atoms with van der Waals surface area (Å²) in [5.74, 6) is 1.98. The van der Waals surface area contributed by atoms with Crippen LogP contribution in [0.4, 0.5) is 11.6 Å². The average Bonchev–Trinajstić information content (AvgIpc) is 2.74. The second-order valence-corrected chi connectivity index (χ2v) is 6.69. The molecule has 2 aromatic heterocycles. The molecule has 2 heterocycles. The molecule has 0 aliphatic carbocycles. The second kappa shape index (κ2) is 10.4. The maximum atomic E-state index is 9.55. The van der Waals surface area contributed by atoms with Crippen LogP contribution in [0.3, 0.4) is 0 Å². The Labute approximate surface area is 166 Å². The van der Waals surface area contributed by atoms with E-state index in [2.05, 4.69) is 28.1 Å². The molecular formula is C23H28N3O2+. The van der Waals surface area contributed by atoms with E-state index in [9.17, 15) is 4.79 Å². The molecule has 0 saturated heterocycles. The predicted octanol–water partition coefficient (Wildman–Crippen LogP) is 5.26. The molecule has 0 aliphatic heterocycles. The van der Waals surface area contributed by atoms with Gasteiger partial charge in [-0.05, 0) is 50.1 Å². The SMILES string of the molecule is CCOC(=[OH+])CCCCCCN(c1ccccn1)c1ccc2ccccc2n1. The van der Waals surface area contributed by atoms with Gasteiger partial charge in [0, 0.05) is 18.1 Å². The highest BCUT2D eigenvalue weighted by molar-refractivity contribution is 5.80. The smallest absolute Gasteiger partial charge is 0.339 e. The van der Waals surface area contributed by atoms with E-state index < -0.39 is 0 Å². The number of pyridine rings is 2. The van der Waals surface area contributed by atoms with E-state index in [1.54, 1.807) is 0 Å². The Balaban J connectivity index is 1.62. The van der Waals surface area contributed by atoms with Gasteiger partial charge in [-0.25, -0.2) is 9.97 Å². The zero-order valence-electron chi connectivity index (χ0n) is 16.4. The predicted molar refractivity (Wildman–Crippen MR) is 115 cm³/mol. The lowest BCUT2D eigenvalue weighted by Crippen LogP contribution is -2.20. The van der Waals surface area contributed by atoms with Gasteiger partial charge >= 0.3 is 5.97 Å². The normalized spacial score (nSPS) is 10.8. The molecule has 28 heavy (non-hydrogen) atoms. The summed E-state index contributed by atoms with van der Waals surface area (Å²) < 4.78 is 5.08. The molecule has 0 fully saturated rings. The van der Waals surface area contributed by atoms with Crippen molar-refractivity contribution in [3.05, 3.63) is 60.8 Å². The van der Waals surface area contributed by atoms with Crippen molar-refractivity contribution in [3.63, 3.8) is 0 Å². The maximum Gasteiger partial charge on any atom is 0.482 e. The van der Waals surface area contributed by atoms with E-state index in [0.29, 0.717) is 13.0 Å². The number of ether oxygens (including phenoxy) is 1. The monoisotopic (exact) mass is 378 g/mol. The molecule has 5 heteroatoms. The molecule has 0 spiro atoms. The summed E-state index contributed by atoms with van der Waals surface area (Å²) in [5.41, 5.74) is 0.989. The Morgan fingerprint density at radius 2 is 1.75 bits per heavy atom. The van der Waals surface area contributed by atoms with Crippen molar-refractivity contribution in [2.75, 3.05) is 18.1 Å². The molecule has 3 aromatic rings. The third-order valence-electron chi connectivity index (χ3n) is 4.62. The minimum atomic E-state index is 0.151. The number of anilines is 2. The van der Waals surface area contributed by atoms with Crippen molar-refractivity contribution in [1.29, 1.82) is 0 Å². The highest BCUT2D eigenvalue weighted by Crippen LogP contribution is 2.24. The molecule has 0 saturated carbocycles. The summed E-state index contributed by atoms with van der Waals surface area (Å²) in [6, 6.07) is 18.3. The van der Waals surface area contributed by atoms with Gasteiger partial charge in [0.05, 0.1) is 5.52 Å². The van der Waals surface area contributed by atoms with Gasteiger partial charge < -0.3 is 14.4 Å². The van der Waals surface area contributed by atoms with E-state index in [1.807, 2.05) is 49.5 Å². The summed E-state index contributed by atoms with van der Waals surface area (Å²) in [5, 5.41) is 1.14. The van der Waals surface area contributed by atoms with E-state index in [-0.39, 0.29) is 5.97 Å². The van der Waals surface area contributed by atoms with Gasteiger partial charge in [0.1, 0.15) is 18.1 Å². The fourth-order valence-electron chi connectivity index (χ4n) is 3.20. The Morgan fingerprint density at radius 3 is 2.57 bits per heavy atom. The first-order chi connectivity index (χ1) is 13.8. The molecule has 0 atom stereocenters. The summed E-state index contributed by atoms with van der Waals surface area (Å²) in [4.78, 5) is 21.1. The molecule has 1 N–H and O–H groups in total. The Hall–Kier alpha value is -2.95. The fraction of sp³-hybridized carbons (Fsp3) is 0.348. The first-order valence-electron chi connectivity index (χ1n) is 10.00. The van der Waals surface area contributed by atoms with Crippen LogP contribution in [0.5, 0.6) is 0 Å². The fourth-order valence-corrected chi connectivity index (χ4v) is 3.20. The third-order valence-corrected chi connectivity index (χ3v) is 4.62. The zero-order chi connectivity index (χ0) is 19.6. The number of fused-ring (bicyclic) bond motifs is 1. The van der Waals surface area contributed by atoms with Gasteiger partial charge in [0.15, 0.2) is 6.61 Å². The van der Waals surface area contributed by atoms with Crippen LogP contribution < -0.4 is 4.90 Å². The molecule has 3 rings (SSSR count). The summed E-state index contributed by atoms with van der Waals surface area (Å²) >= 11 is 0. The third kappa shape index (κ3) is 5.52. The van der Waals surface area contributed by atoms with E-state index >= 15 is 0 Å². The van der Waals surface area contributed by atoms with Crippen LogP contribution in [-0.2, 0) is 4.74 Å². The Bertz CT molecular complexity index is 883. The van der Waals surface area contributed by atoms with Crippen LogP contribution in [-0.4, -0.2) is 33.9 Å². The minimum Gasteiger partial charge on any atom is -0.339 e. The number of esters is 1. The van der Waals surface area contributed by atoms with Crippen LogP contribution in [0, 0.1) is 0 Å². The quantitative estimate of drug-likeness (QED) is 0.274. The Kier molecular flexibility index (Phi) is 7.36. The Morgan fingerprint density at radius 1 is 0.929 bits per heavy atom. The summed E-state index contributed by atoms with van der Waals surface area (Å²) in [7, 11) is 0. The molecule has 146 valence electrons. The first-order valence-corrected chi connectivity index (χ1v) is 10.00. The molecule has 1 aromatic carbocycles. The number of benzene rings is 1. The number of unbranched alkanes of at least 4 members (excludes halogenated alkanes) is 3. The molecule has 0 amide bonds. The maximum absolute atomic E-state index is 9.55. The molecule has 0 bridgehead atoms. The highest BCUT2D eigenvalue weighted by Gasteiger charge is 2.13. The lowest BCUT2D eigenvalue weighted by Gasteiger charge is -2.23. The van der Waals surface area contributed by atoms with Gasteiger partial charge in [-0.2, -0.15) is 0 Å². The highest BCUT2D eigenvalue weighted by atomic mass is 16.5. The summed E-state index contributed by atoms with van der Waals surface area (Å²) in [6.45, 7) is 3.25. The van der Waals surface area contributed by atoms with Gasteiger partial charge in [-0.1, -0.05) is 37.1 Å². The largest absolute Gasteiger partial charge is 0.482 e. The molecule has 0 unspecified atom stereocenters. The van der Waals surface area contributed by atoms with Crippen LogP contribution in [0.25, 0.3) is 10.9 Å². The van der Waals surface area contributed by atoms with Gasteiger partial charge in [-0.3, -0.25) is 0 Å². The zero-order valence-corrected chi connectivity index (χ0v) is 16.4. The number of para-hydroxylation sites is 1. The summed E-state index contributed by atoms with van der Waals surface area (Å²) in [6.07, 6.45) is 6.53. The molecule has 0 radical (unpaired) electrons. The van der Waals surface area contributed by atoms with Crippen molar-refractivity contribution in [3.8, 4) is 0 Å². The van der Waals surface area contributed by atoms with E-state index in [0.717, 1.165) is 54.8 Å². The van der Waals surface area contributed by atoms with E-state index in [4.69, 9.17) is 9.72 Å². The van der Waals surface area contributed by atoms with Gasteiger partial charge in [0.25, 0.3) is 0 Å². The van der Waals surface area contributed by atoms with Crippen molar-refractivity contribution in [2.24, 2.45) is 0 Å². The molecule has 5 nitrogen and oxygen atoms in total. The number of aromatic nitrogens is 2. The number of carbonyl (C=O) groups excluding carboxylic acids is 1. The van der Waals surface area contributed by atoms with Crippen molar-refractivity contribution >= 4 is 28.5 Å². The van der Waals surface area contributed by atoms with Crippen LogP contribution >= 0.6 is 0 Å². The number of nitrogens with zero attached hydrogens (tertiary/aromatic N) is 3. The topological polar surface area (TPSA) is 59.6 Å². The standard InChI is InChI=1S/C23H27N3O2/c1-2-28-23(27)14-5-3-4-10-18-26(21-13-8-9-17-24-21)22-16-15-19-11-6-7-12-20(19)25-22/h6-9,11-13,15-17H,2-5,10,14,18H2,1H3/p+1.